The van der Waals surface area contributed by atoms with E-state index in [0.29, 0.717) is 0 Å². The van der Waals surface area contributed by atoms with Gasteiger partial charge in [0.1, 0.15) is 5.75 Å². The van der Waals surface area contributed by atoms with Gasteiger partial charge in [0.25, 0.3) is 0 Å². The summed E-state index contributed by atoms with van der Waals surface area (Å²) in [6, 6.07) is 29.9. The van der Waals surface area contributed by atoms with Crippen molar-refractivity contribution in [3.63, 3.8) is 0 Å². The molecule has 0 aliphatic carbocycles. The average molecular weight is 406 g/mol. The van der Waals surface area contributed by atoms with E-state index in [1.165, 1.54) is 5.56 Å². The maximum Gasteiger partial charge on any atom is 0.352 e. The molecule has 1 aliphatic heterocycles. The summed E-state index contributed by atoms with van der Waals surface area (Å²) in [7, 11) is 0. The van der Waals surface area contributed by atoms with E-state index >= 15 is 0 Å². The molecule has 1 heterocycles. The molecule has 0 saturated carbocycles. The van der Waals surface area contributed by atoms with Gasteiger partial charge in [-0.3, -0.25) is 0 Å². The summed E-state index contributed by atoms with van der Waals surface area (Å²) in [5.74, 6) is 0.307. The molecule has 0 aromatic heterocycles. The number of esters is 1. The third-order valence-corrected chi connectivity index (χ3v) is 5.52. The molecule has 0 fully saturated rings. The molecular formula is C28H22O3. The Balaban J connectivity index is 1.44. The van der Waals surface area contributed by atoms with Crippen molar-refractivity contribution in [2.45, 2.75) is 19.1 Å². The van der Waals surface area contributed by atoms with E-state index in [4.69, 9.17) is 9.47 Å². The van der Waals surface area contributed by atoms with Crippen LogP contribution in [0.4, 0.5) is 0 Å². The van der Waals surface area contributed by atoms with Gasteiger partial charge in [0.05, 0.1) is 0 Å². The van der Waals surface area contributed by atoms with E-state index in [0.717, 1.165) is 33.2 Å². The number of ether oxygens (including phenoxy) is 2. The minimum Gasteiger partial charge on any atom is -0.473 e. The van der Waals surface area contributed by atoms with Gasteiger partial charge in [0.15, 0.2) is 6.10 Å². The monoisotopic (exact) mass is 406 g/mol. The van der Waals surface area contributed by atoms with Gasteiger partial charge in [-0.2, -0.15) is 0 Å². The molecule has 0 spiro atoms. The predicted molar refractivity (Wildman–Crippen MR) is 123 cm³/mol. The number of fused-ring (bicyclic) bond motifs is 3. The highest BCUT2D eigenvalue weighted by atomic mass is 16.6. The van der Waals surface area contributed by atoms with Gasteiger partial charge in [-0.15, -0.1) is 0 Å². The van der Waals surface area contributed by atoms with Crippen LogP contribution in [0.5, 0.6) is 5.75 Å². The van der Waals surface area contributed by atoms with E-state index in [2.05, 4.69) is 25.1 Å². The molecule has 1 unspecified atom stereocenters. The van der Waals surface area contributed by atoms with E-state index in [1.807, 2.05) is 78.9 Å². The molecule has 0 radical (unpaired) electrons. The van der Waals surface area contributed by atoms with Crippen LogP contribution in [0.1, 0.15) is 28.4 Å². The Kier molecular flexibility index (Phi) is 5.01. The van der Waals surface area contributed by atoms with Crippen molar-refractivity contribution in [1.82, 2.24) is 0 Å². The van der Waals surface area contributed by atoms with Gasteiger partial charge in [0, 0.05) is 10.9 Å². The summed E-state index contributed by atoms with van der Waals surface area (Å²) in [5, 5.41) is 2.08. The molecule has 5 rings (SSSR count). The van der Waals surface area contributed by atoms with Crippen molar-refractivity contribution in [2.24, 2.45) is 0 Å². The second-order valence-electron chi connectivity index (χ2n) is 7.74. The zero-order valence-corrected chi connectivity index (χ0v) is 17.2. The number of carbonyl (C=O) groups is 1. The number of benzene rings is 4. The van der Waals surface area contributed by atoms with Crippen LogP contribution in [0.15, 0.2) is 97.1 Å². The van der Waals surface area contributed by atoms with Crippen molar-refractivity contribution in [2.75, 3.05) is 0 Å². The standard InChI is InChI=1S/C28H22O3/c1-19-12-16-24-23(18-19)14-13-22-15-17-25(30-27(22)24)28(29)31-26(20-8-4-2-5-9-20)21-10-6-3-7-11-21/h2-18,25-26H,1H3. The number of hydrogen-bond donors (Lipinski definition) is 0. The van der Waals surface area contributed by atoms with Gasteiger partial charge in [0.2, 0.25) is 6.10 Å². The van der Waals surface area contributed by atoms with E-state index in [-0.39, 0.29) is 0 Å². The van der Waals surface area contributed by atoms with Crippen molar-refractivity contribution in [1.29, 1.82) is 0 Å². The highest BCUT2D eigenvalue weighted by molar-refractivity contribution is 5.94. The Labute approximate surface area is 181 Å². The minimum absolute atomic E-state index is 0.413. The topological polar surface area (TPSA) is 35.5 Å². The lowest BCUT2D eigenvalue weighted by molar-refractivity contribution is -0.153. The maximum absolute atomic E-state index is 13.2. The first-order chi connectivity index (χ1) is 15.2. The first-order valence-electron chi connectivity index (χ1n) is 10.4. The lowest BCUT2D eigenvalue weighted by atomic mass is 10.0. The molecule has 0 N–H and O–H groups in total. The van der Waals surface area contributed by atoms with Crippen LogP contribution < -0.4 is 4.74 Å². The van der Waals surface area contributed by atoms with E-state index < -0.39 is 18.2 Å². The molecular weight excluding hydrogens is 384 g/mol. The van der Waals surface area contributed by atoms with Crippen LogP contribution in [0, 0.1) is 6.92 Å². The third-order valence-electron chi connectivity index (χ3n) is 5.52. The Morgan fingerprint density at radius 3 is 2.23 bits per heavy atom. The van der Waals surface area contributed by atoms with Gasteiger partial charge in [-0.1, -0.05) is 103 Å². The minimum atomic E-state index is -0.797. The quantitative estimate of drug-likeness (QED) is 0.376. The smallest absolute Gasteiger partial charge is 0.352 e. The second-order valence-corrected chi connectivity index (χ2v) is 7.74. The lowest BCUT2D eigenvalue weighted by Gasteiger charge is -2.25. The molecule has 3 nitrogen and oxygen atoms in total. The summed E-state index contributed by atoms with van der Waals surface area (Å²) >= 11 is 0. The van der Waals surface area contributed by atoms with Crippen LogP contribution in [-0.4, -0.2) is 12.1 Å². The molecule has 1 atom stereocenters. The molecule has 4 aromatic rings. The fraction of sp³-hybridized carbons (Fsp3) is 0.107. The fourth-order valence-corrected chi connectivity index (χ4v) is 3.95. The Morgan fingerprint density at radius 1 is 0.871 bits per heavy atom. The second kappa shape index (κ2) is 8.11. The van der Waals surface area contributed by atoms with Crippen LogP contribution in [0.25, 0.3) is 16.8 Å². The van der Waals surface area contributed by atoms with Gasteiger partial charge < -0.3 is 9.47 Å². The van der Waals surface area contributed by atoms with Crippen molar-refractivity contribution < 1.29 is 14.3 Å². The first kappa shape index (κ1) is 19.1. The number of hydrogen-bond acceptors (Lipinski definition) is 3. The largest absolute Gasteiger partial charge is 0.473 e. The molecule has 1 aliphatic rings. The van der Waals surface area contributed by atoms with Crippen LogP contribution in [0.2, 0.25) is 0 Å². The van der Waals surface area contributed by atoms with E-state index in [1.54, 1.807) is 6.08 Å². The summed E-state index contributed by atoms with van der Waals surface area (Å²) in [4.78, 5) is 13.2. The van der Waals surface area contributed by atoms with Crippen molar-refractivity contribution >= 4 is 22.8 Å². The zero-order valence-electron chi connectivity index (χ0n) is 17.2. The van der Waals surface area contributed by atoms with Gasteiger partial charge in [-0.05, 0) is 29.5 Å². The Morgan fingerprint density at radius 2 is 1.55 bits per heavy atom. The molecule has 0 bridgehead atoms. The summed E-state index contributed by atoms with van der Waals surface area (Å²) in [6.07, 6.45) is 2.40. The normalized spacial score (nSPS) is 14.8. The lowest BCUT2D eigenvalue weighted by Crippen LogP contribution is -2.30. The Bertz CT molecular complexity index is 1220. The Hall–Kier alpha value is -3.85. The van der Waals surface area contributed by atoms with Crippen LogP contribution >= 0.6 is 0 Å². The van der Waals surface area contributed by atoms with Crippen LogP contribution in [-0.2, 0) is 9.53 Å². The molecule has 31 heavy (non-hydrogen) atoms. The molecule has 152 valence electrons. The fourth-order valence-electron chi connectivity index (χ4n) is 3.95. The molecule has 4 aromatic carbocycles. The molecule has 3 heteroatoms. The van der Waals surface area contributed by atoms with Crippen LogP contribution in [0.3, 0.4) is 0 Å². The highest BCUT2D eigenvalue weighted by Crippen LogP contribution is 2.36. The maximum atomic E-state index is 13.2. The first-order valence-corrected chi connectivity index (χ1v) is 10.4. The summed E-state index contributed by atoms with van der Waals surface area (Å²) in [5.41, 5.74) is 3.98. The number of aryl methyl sites for hydroxylation is 1. The zero-order chi connectivity index (χ0) is 21.2. The van der Waals surface area contributed by atoms with Crippen molar-refractivity contribution in [3.8, 4) is 5.75 Å². The number of carbonyl (C=O) groups excluding carboxylic acids is 1. The van der Waals surface area contributed by atoms with E-state index in [9.17, 15) is 4.79 Å². The third kappa shape index (κ3) is 3.82. The summed E-state index contributed by atoms with van der Waals surface area (Å²) < 4.78 is 12.2. The predicted octanol–water partition coefficient (Wildman–Crippen LogP) is 6.26. The summed E-state index contributed by atoms with van der Waals surface area (Å²) in [6.45, 7) is 2.06. The molecule has 0 amide bonds. The molecule has 0 saturated heterocycles. The number of rotatable bonds is 4. The van der Waals surface area contributed by atoms with Crippen molar-refractivity contribution in [3.05, 3.63) is 119 Å². The average Bonchev–Trinajstić information content (AvgIpc) is 2.82. The highest BCUT2D eigenvalue weighted by Gasteiger charge is 2.28. The SMILES string of the molecule is Cc1ccc2c3c(ccc2c1)C=CC(C(=O)OC(c1ccccc1)c1ccccc1)O3. The van der Waals surface area contributed by atoms with Gasteiger partial charge in [-0.25, -0.2) is 4.79 Å². The van der Waals surface area contributed by atoms with Gasteiger partial charge >= 0.3 is 5.97 Å².